The second-order valence-electron chi connectivity index (χ2n) is 4.08. The Morgan fingerprint density at radius 1 is 1.44 bits per heavy atom. The van der Waals surface area contributed by atoms with Gasteiger partial charge in [-0.1, -0.05) is 6.08 Å². The van der Waals surface area contributed by atoms with Crippen LogP contribution in [-0.4, -0.2) is 20.6 Å². The van der Waals surface area contributed by atoms with E-state index in [1.807, 2.05) is 0 Å². The van der Waals surface area contributed by atoms with Crippen LogP contribution in [0.2, 0.25) is 0 Å². The summed E-state index contributed by atoms with van der Waals surface area (Å²) in [6.07, 6.45) is 1.94. The van der Waals surface area contributed by atoms with Crippen LogP contribution in [0.5, 0.6) is 0 Å². The number of nitrogens with one attached hydrogen (secondary N) is 1. The van der Waals surface area contributed by atoms with E-state index in [9.17, 15) is 18.7 Å². The highest BCUT2D eigenvalue weighted by Gasteiger charge is 2.18. The van der Waals surface area contributed by atoms with Crippen LogP contribution in [0.3, 0.4) is 0 Å². The number of hydrogen-bond acceptors (Lipinski definition) is 4. The topological polar surface area (TPSA) is 84.1 Å². The Hall–Kier alpha value is -1.76. The molecular weight excluding hydrogens is 259 g/mol. The minimum absolute atomic E-state index is 0.110. The van der Waals surface area contributed by atoms with Gasteiger partial charge < -0.3 is 0 Å². The molecule has 1 aliphatic heterocycles. The lowest BCUT2D eigenvalue weighted by atomic mass is 10.0. The third-order valence-corrected chi connectivity index (χ3v) is 4.38. The zero-order chi connectivity index (χ0) is 13.3. The number of hydrogen-bond donors (Lipinski definition) is 1. The number of nitro benzene ring substituents is 1. The molecule has 96 valence electrons. The van der Waals surface area contributed by atoms with E-state index in [1.165, 1.54) is 12.1 Å². The molecule has 1 heterocycles. The lowest BCUT2D eigenvalue weighted by molar-refractivity contribution is -0.385. The fourth-order valence-electron chi connectivity index (χ4n) is 1.82. The van der Waals surface area contributed by atoms with Gasteiger partial charge in [0.2, 0.25) is 0 Å². The van der Waals surface area contributed by atoms with E-state index < -0.39 is 20.5 Å². The third kappa shape index (κ3) is 2.56. The molecule has 0 spiro atoms. The van der Waals surface area contributed by atoms with Crippen LogP contribution in [-0.2, 0) is 9.73 Å². The van der Waals surface area contributed by atoms with Gasteiger partial charge in [-0.05, 0) is 18.1 Å². The predicted molar refractivity (Wildman–Crippen MR) is 66.2 cm³/mol. The lowest BCUT2D eigenvalue weighted by Crippen LogP contribution is -2.14. The minimum atomic E-state index is -2.57. The lowest BCUT2D eigenvalue weighted by Gasteiger charge is -2.15. The van der Waals surface area contributed by atoms with Gasteiger partial charge in [0.1, 0.15) is 5.82 Å². The van der Waals surface area contributed by atoms with E-state index in [1.54, 1.807) is 6.08 Å². The molecule has 1 aliphatic rings. The van der Waals surface area contributed by atoms with Gasteiger partial charge in [-0.2, -0.15) is 0 Å². The molecule has 0 radical (unpaired) electrons. The van der Waals surface area contributed by atoms with Crippen molar-refractivity contribution in [2.75, 3.05) is 11.5 Å². The molecule has 1 aromatic rings. The molecule has 0 aromatic heterocycles. The van der Waals surface area contributed by atoms with E-state index in [-0.39, 0.29) is 22.8 Å². The highest BCUT2D eigenvalue weighted by atomic mass is 32.2. The molecule has 5 nitrogen and oxygen atoms in total. The van der Waals surface area contributed by atoms with Gasteiger partial charge in [-0.25, -0.2) is 8.60 Å². The van der Waals surface area contributed by atoms with Crippen LogP contribution >= 0.6 is 0 Å². The number of halogens is 1. The van der Waals surface area contributed by atoms with Crippen molar-refractivity contribution in [2.45, 2.75) is 6.42 Å². The van der Waals surface area contributed by atoms with Gasteiger partial charge in [0.05, 0.1) is 16.7 Å². The zero-order valence-electron chi connectivity index (χ0n) is 9.39. The summed E-state index contributed by atoms with van der Waals surface area (Å²) < 4.78 is 32.6. The van der Waals surface area contributed by atoms with Crippen molar-refractivity contribution in [3.05, 3.63) is 45.8 Å². The molecule has 0 fully saturated rings. The van der Waals surface area contributed by atoms with Crippen LogP contribution in [0.15, 0.2) is 24.3 Å². The Balaban J connectivity index is 2.36. The quantitative estimate of drug-likeness (QED) is 0.662. The molecule has 0 aliphatic carbocycles. The Kier molecular flexibility index (Phi) is 3.16. The van der Waals surface area contributed by atoms with Gasteiger partial charge in [0, 0.05) is 27.1 Å². The Bertz CT molecular complexity index is 638. The summed E-state index contributed by atoms with van der Waals surface area (Å²) in [7, 11) is -2.57. The first kappa shape index (κ1) is 12.7. The van der Waals surface area contributed by atoms with Gasteiger partial charge in [0.25, 0.3) is 5.69 Å². The third-order valence-electron chi connectivity index (χ3n) is 2.81. The average molecular weight is 270 g/mol. The molecule has 18 heavy (non-hydrogen) atoms. The molecule has 0 saturated heterocycles. The van der Waals surface area contributed by atoms with Crippen LogP contribution in [0, 0.1) is 20.7 Å². The Morgan fingerprint density at radius 2 is 2.17 bits per heavy atom. The molecule has 2 rings (SSSR count). The van der Waals surface area contributed by atoms with E-state index in [2.05, 4.69) is 0 Å². The first-order valence-electron chi connectivity index (χ1n) is 5.26. The molecular formula is C11H11FN2O3S. The first-order valence-corrected chi connectivity index (χ1v) is 7.16. The zero-order valence-corrected chi connectivity index (χ0v) is 10.2. The van der Waals surface area contributed by atoms with E-state index >= 15 is 0 Å². The number of nitro groups is 1. The summed E-state index contributed by atoms with van der Waals surface area (Å²) >= 11 is 0. The maximum atomic E-state index is 13.7. The van der Waals surface area contributed by atoms with Crippen molar-refractivity contribution < 1.29 is 13.5 Å². The van der Waals surface area contributed by atoms with Gasteiger partial charge in [-0.3, -0.25) is 14.9 Å². The summed E-state index contributed by atoms with van der Waals surface area (Å²) in [6, 6.07) is 3.48. The van der Waals surface area contributed by atoms with Gasteiger partial charge in [-0.15, -0.1) is 0 Å². The van der Waals surface area contributed by atoms with Crippen molar-refractivity contribution in [1.29, 1.82) is 4.78 Å². The van der Waals surface area contributed by atoms with Crippen molar-refractivity contribution in [1.82, 2.24) is 0 Å². The first-order chi connectivity index (χ1) is 8.39. The maximum Gasteiger partial charge on any atom is 0.272 e. The van der Waals surface area contributed by atoms with Crippen molar-refractivity contribution >= 4 is 21.0 Å². The van der Waals surface area contributed by atoms with Crippen LogP contribution in [0.1, 0.15) is 12.0 Å². The molecule has 1 aromatic carbocycles. The van der Waals surface area contributed by atoms with Crippen LogP contribution in [0.4, 0.5) is 10.1 Å². The molecule has 0 bridgehead atoms. The summed E-state index contributed by atoms with van der Waals surface area (Å²) in [5.74, 6) is -0.345. The molecule has 1 unspecified atom stereocenters. The van der Waals surface area contributed by atoms with E-state index in [4.69, 9.17) is 4.78 Å². The summed E-state index contributed by atoms with van der Waals surface area (Å²) in [6.45, 7) is 0. The fraction of sp³-hybridized carbons (Fsp3) is 0.273. The van der Waals surface area contributed by atoms with Gasteiger partial charge in [0.15, 0.2) is 0 Å². The Morgan fingerprint density at radius 3 is 2.67 bits per heavy atom. The highest BCUT2D eigenvalue weighted by Crippen LogP contribution is 2.27. The van der Waals surface area contributed by atoms with Crippen molar-refractivity contribution in [2.24, 2.45) is 0 Å². The predicted octanol–water partition coefficient (Wildman–Crippen LogP) is 2.57. The Labute approximate surface area is 103 Å². The van der Waals surface area contributed by atoms with E-state index in [0.29, 0.717) is 12.0 Å². The molecule has 7 heteroatoms. The number of allylic oxidation sites excluding steroid dienone is 1. The fourth-order valence-corrected chi connectivity index (χ4v) is 3.00. The largest absolute Gasteiger partial charge is 0.272 e. The number of benzene rings is 1. The number of nitrogens with zero attached hydrogens (tertiary/aromatic N) is 1. The number of non-ortho nitro benzene ring substituents is 1. The SMILES string of the molecule is N=S1(=O)CC=C(c2ccc([N+](=O)[O-])cc2F)CC1. The summed E-state index contributed by atoms with van der Waals surface area (Å²) in [5, 5.41) is 10.5. The normalized spacial score (nSPS) is 23.5. The average Bonchev–Trinajstić information content (AvgIpc) is 2.29. The summed E-state index contributed by atoms with van der Waals surface area (Å²) in [5.41, 5.74) is 0.654. The van der Waals surface area contributed by atoms with Crippen LogP contribution < -0.4 is 0 Å². The second kappa shape index (κ2) is 4.49. The van der Waals surface area contributed by atoms with Gasteiger partial charge >= 0.3 is 0 Å². The summed E-state index contributed by atoms with van der Waals surface area (Å²) in [4.78, 5) is 9.83. The van der Waals surface area contributed by atoms with Crippen molar-refractivity contribution in [3.63, 3.8) is 0 Å². The minimum Gasteiger partial charge on any atom is -0.258 e. The monoisotopic (exact) mass is 270 g/mol. The molecule has 1 N–H and O–H groups in total. The highest BCUT2D eigenvalue weighted by molar-refractivity contribution is 7.92. The van der Waals surface area contributed by atoms with Crippen LogP contribution in [0.25, 0.3) is 5.57 Å². The smallest absolute Gasteiger partial charge is 0.258 e. The maximum absolute atomic E-state index is 13.7. The van der Waals surface area contributed by atoms with Crippen molar-refractivity contribution in [3.8, 4) is 0 Å². The molecule has 1 atom stereocenters. The van der Waals surface area contributed by atoms with E-state index in [0.717, 1.165) is 6.07 Å². The number of rotatable bonds is 2. The second-order valence-corrected chi connectivity index (χ2v) is 6.45. The molecule has 0 saturated carbocycles. The standard InChI is InChI=1S/C11H11FN2O3S/c12-11-7-9(14(15)16)1-2-10(11)8-3-5-18(13,17)6-4-8/h1-3,7,13H,4-6H2. The molecule has 0 amide bonds.